The highest BCUT2D eigenvalue weighted by Gasteiger charge is 2.29. The Morgan fingerprint density at radius 3 is 2.33 bits per heavy atom. The number of aliphatic carboxylic acids is 1. The Balaban J connectivity index is 2.03. The molecular formula is C14H20N2O4S. The number of nitrogens with zero attached hydrogens (tertiary/aromatic N) is 1. The van der Waals surface area contributed by atoms with Crippen LogP contribution in [0.2, 0.25) is 0 Å². The van der Waals surface area contributed by atoms with Gasteiger partial charge < -0.3 is 10.4 Å². The van der Waals surface area contributed by atoms with Gasteiger partial charge in [0.2, 0.25) is 10.0 Å². The number of carbonyl (C=O) groups is 1. The van der Waals surface area contributed by atoms with Gasteiger partial charge in [-0.15, -0.1) is 0 Å². The van der Waals surface area contributed by atoms with Gasteiger partial charge in [0.15, 0.2) is 0 Å². The number of benzene rings is 1. The van der Waals surface area contributed by atoms with Crippen molar-refractivity contribution in [1.29, 1.82) is 0 Å². The third kappa shape index (κ3) is 3.54. The third-order valence-electron chi connectivity index (χ3n) is 3.79. The molecular weight excluding hydrogens is 292 g/mol. The molecule has 0 bridgehead atoms. The second-order valence-electron chi connectivity index (χ2n) is 5.50. The zero-order valence-corrected chi connectivity index (χ0v) is 12.9. The summed E-state index contributed by atoms with van der Waals surface area (Å²) in [6.45, 7) is 0. The lowest BCUT2D eigenvalue weighted by molar-refractivity contribution is -0.141. The highest BCUT2D eigenvalue weighted by molar-refractivity contribution is 7.89. The molecule has 0 aromatic heterocycles. The molecule has 7 heteroatoms. The first kappa shape index (κ1) is 15.8. The molecule has 2 rings (SSSR count). The van der Waals surface area contributed by atoms with E-state index in [1.807, 2.05) is 0 Å². The molecule has 1 fully saturated rings. The molecule has 2 unspecified atom stereocenters. The van der Waals surface area contributed by atoms with Gasteiger partial charge in [0.25, 0.3) is 0 Å². The summed E-state index contributed by atoms with van der Waals surface area (Å²) in [6.07, 6.45) is 2.10. The molecule has 0 heterocycles. The average Bonchev–Trinajstić information content (AvgIpc) is 2.88. The fraction of sp³-hybridized carbons (Fsp3) is 0.500. The summed E-state index contributed by atoms with van der Waals surface area (Å²) in [5, 5.41) is 12.2. The molecule has 2 atom stereocenters. The van der Waals surface area contributed by atoms with Crippen LogP contribution in [-0.4, -0.2) is 43.9 Å². The zero-order chi connectivity index (χ0) is 15.6. The van der Waals surface area contributed by atoms with Gasteiger partial charge in [-0.1, -0.05) is 0 Å². The predicted molar refractivity (Wildman–Crippen MR) is 79.7 cm³/mol. The van der Waals surface area contributed by atoms with Gasteiger partial charge in [0.1, 0.15) is 0 Å². The molecule has 1 aromatic rings. The average molecular weight is 312 g/mol. The van der Waals surface area contributed by atoms with Crippen molar-refractivity contribution < 1.29 is 18.3 Å². The first-order chi connectivity index (χ1) is 9.80. The fourth-order valence-electron chi connectivity index (χ4n) is 2.51. The van der Waals surface area contributed by atoms with Crippen LogP contribution in [0.3, 0.4) is 0 Å². The Hall–Kier alpha value is -1.60. The molecule has 0 radical (unpaired) electrons. The summed E-state index contributed by atoms with van der Waals surface area (Å²) in [5.74, 6) is -1.03. The van der Waals surface area contributed by atoms with E-state index in [0.717, 1.165) is 12.1 Å². The maximum Gasteiger partial charge on any atom is 0.306 e. The molecule has 6 nitrogen and oxygen atoms in total. The van der Waals surface area contributed by atoms with Crippen LogP contribution < -0.4 is 5.32 Å². The molecule has 1 saturated carbocycles. The summed E-state index contributed by atoms with van der Waals surface area (Å²) in [4.78, 5) is 11.2. The number of carboxylic acid groups (broad SMARTS) is 1. The van der Waals surface area contributed by atoms with Crippen LogP contribution in [-0.2, 0) is 14.8 Å². The molecule has 0 saturated heterocycles. The second-order valence-corrected chi connectivity index (χ2v) is 7.65. The van der Waals surface area contributed by atoms with Crippen molar-refractivity contribution in [3.05, 3.63) is 24.3 Å². The summed E-state index contributed by atoms with van der Waals surface area (Å²) < 4.78 is 25.1. The maximum absolute atomic E-state index is 11.9. The maximum atomic E-state index is 11.9. The van der Waals surface area contributed by atoms with Gasteiger partial charge in [-0.05, 0) is 43.5 Å². The first-order valence-corrected chi connectivity index (χ1v) is 8.26. The summed E-state index contributed by atoms with van der Waals surface area (Å²) in [7, 11) is -0.429. The Morgan fingerprint density at radius 2 is 1.86 bits per heavy atom. The van der Waals surface area contributed by atoms with Crippen LogP contribution in [0.1, 0.15) is 19.3 Å². The van der Waals surface area contributed by atoms with Crippen molar-refractivity contribution >= 4 is 21.7 Å². The number of rotatable bonds is 5. The second kappa shape index (κ2) is 6.03. The standard InChI is InChI=1S/C14H20N2O4S/c1-16(2)21(19,20)13-7-5-11(6-8-13)15-12-4-3-10(9-12)14(17)18/h5-8,10,12,15H,3-4,9H2,1-2H3,(H,17,18). The van der Waals surface area contributed by atoms with Gasteiger partial charge in [-0.25, -0.2) is 12.7 Å². The van der Waals surface area contributed by atoms with Gasteiger partial charge in [-0.2, -0.15) is 0 Å². The summed E-state index contributed by atoms with van der Waals surface area (Å²) in [5.41, 5.74) is 0.809. The zero-order valence-electron chi connectivity index (χ0n) is 12.1. The van der Waals surface area contributed by atoms with Gasteiger partial charge in [0.05, 0.1) is 10.8 Å². The van der Waals surface area contributed by atoms with E-state index in [1.54, 1.807) is 24.3 Å². The van der Waals surface area contributed by atoms with Crippen LogP contribution in [0.25, 0.3) is 0 Å². The van der Waals surface area contributed by atoms with E-state index in [2.05, 4.69) is 5.32 Å². The molecule has 0 amide bonds. The lowest BCUT2D eigenvalue weighted by Crippen LogP contribution is -2.22. The molecule has 21 heavy (non-hydrogen) atoms. The monoisotopic (exact) mass is 312 g/mol. The third-order valence-corrected chi connectivity index (χ3v) is 5.61. The Labute approximate surface area is 124 Å². The van der Waals surface area contributed by atoms with E-state index in [4.69, 9.17) is 5.11 Å². The van der Waals surface area contributed by atoms with Crippen molar-refractivity contribution in [3.63, 3.8) is 0 Å². The highest BCUT2D eigenvalue weighted by Crippen LogP contribution is 2.28. The Morgan fingerprint density at radius 1 is 1.24 bits per heavy atom. The molecule has 1 aliphatic carbocycles. The number of hydrogen-bond donors (Lipinski definition) is 2. The summed E-state index contributed by atoms with van der Waals surface area (Å²) >= 11 is 0. The molecule has 0 aliphatic heterocycles. The van der Waals surface area contributed by atoms with Crippen molar-refractivity contribution in [2.24, 2.45) is 5.92 Å². The van der Waals surface area contributed by atoms with E-state index in [9.17, 15) is 13.2 Å². The topological polar surface area (TPSA) is 86.7 Å². The van der Waals surface area contributed by atoms with Crippen molar-refractivity contribution in [1.82, 2.24) is 4.31 Å². The number of nitrogens with one attached hydrogen (secondary N) is 1. The predicted octanol–water partition coefficient (Wildman–Crippen LogP) is 1.60. The van der Waals surface area contributed by atoms with Crippen LogP contribution in [0.4, 0.5) is 5.69 Å². The number of sulfonamides is 1. The SMILES string of the molecule is CN(C)S(=O)(=O)c1ccc(NC2CCC(C(=O)O)C2)cc1. The Kier molecular flexibility index (Phi) is 4.53. The minimum Gasteiger partial charge on any atom is -0.481 e. The van der Waals surface area contributed by atoms with Crippen LogP contribution >= 0.6 is 0 Å². The Bertz CT molecular complexity index is 610. The van der Waals surface area contributed by atoms with Gasteiger partial charge in [0, 0.05) is 25.8 Å². The lowest BCUT2D eigenvalue weighted by atomic mass is 10.1. The van der Waals surface area contributed by atoms with Gasteiger partial charge in [-0.3, -0.25) is 4.79 Å². The van der Waals surface area contributed by atoms with Crippen molar-refractivity contribution in [2.75, 3.05) is 19.4 Å². The molecule has 0 spiro atoms. The summed E-state index contributed by atoms with van der Waals surface area (Å²) in [6, 6.07) is 6.67. The van der Waals surface area contributed by atoms with Crippen LogP contribution in [0.15, 0.2) is 29.2 Å². The van der Waals surface area contributed by atoms with E-state index in [1.165, 1.54) is 18.4 Å². The van der Waals surface area contributed by atoms with Crippen LogP contribution in [0.5, 0.6) is 0 Å². The van der Waals surface area contributed by atoms with E-state index in [0.29, 0.717) is 12.8 Å². The van der Waals surface area contributed by atoms with E-state index < -0.39 is 16.0 Å². The normalized spacial score (nSPS) is 22.4. The van der Waals surface area contributed by atoms with E-state index in [-0.39, 0.29) is 16.9 Å². The van der Waals surface area contributed by atoms with E-state index >= 15 is 0 Å². The minimum atomic E-state index is -3.41. The van der Waals surface area contributed by atoms with Gasteiger partial charge >= 0.3 is 5.97 Å². The molecule has 1 aromatic carbocycles. The number of anilines is 1. The molecule has 1 aliphatic rings. The highest BCUT2D eigenvalue weighted by atomic mass is 32.2. The van der Waals surface area contributed by atoms with Crippen LogP contribution in [0, 0.1) is 5.92 Å². The molecule has 116 valence electrons. The quantitative estimate of drug-likeness (QED) is 0.862. The largest absolute Gasteiger partial charge is 0.481 e. The molecule has 2 N–H and O–H groups in total. The smallest absolute Gasteiger partial charge is 0.306 e. The van der Waals surface area contributed by atoms with Crippen molar-refractivity contribution in [2.45, 2.75) is 30.2 Å². The van der Waals surface area contributed by atoms with Crippen molar-refractivity contribution in [3.8, 4) is 0 Å². The lowest BCUT2D eigenvalue weighted by Gasteiger charge is -2.15. The minimum absolute atomic E-state index is 0.127. The first-order valence-electron chi connectivity index (χ1n) is 6.82. The number of carboxylic acids is 1. The number of hydrogen-bond acceptors (Lipinski definition) is 4. The fourth-order valence-corrected chi connectivity index (χ4v) is 3.41.